The van der Waals surface area contributed by atoms with E-state index in [0.29, 0.717) is 0 Å². The van der Waals surface area contributed by atoms with E-state index in [4.69, 9.17) is 9.53 Å². The lowest BCUT2D eigenvalue weighted by Gasteiger charge is -2.36. The molecule has 0 heterocycles. The molecule has 0 unspecified atom stereocenters. The van der Waals surface area contributed by atoms with E-state index < -0.39 is 8.32 Å². The highest BCUT2D eigenvalue weighted by Gasteiger charge is 2.36. The standard InChI is InChI=1S/C12H26O2Si/c1-11(10-13)8-7-9-14-15(5,6)12(2,3)4/h8,13H,7,9-10H2,1-6H3/b11-8-. The molecule has 15 heavy (non-hydrogen) atoms. The quantitative estimate of drug-likeness (QED) is 0.446. The molecule has 0 aliphatic rings. The first-order chi connectivity index (χ1) is 6.70. The smallest absolute Gasteiger partial charge is 0.191 e. The summed E-state index contributed by atoms with van der Waals surface area (Å²) in [5.74, 6) is 0. The third-order valence-corrected chi connectivity index (χ3v) is 7.67. The Labute approximate surface area is 95.5 Å². The van der Waals surface area contributed by atoms with Gasteiger partial charge in [0.2, 0.25) is 0 Å². The largest absolute Gasteiger partial charge is 0.417 e. The molecule has 0 saturated heterocycles. The molecule has 0 aromatic heterocycles. The monoisotopic (exact) mass is 230 g/mol. The van der Waals surface area contributed by atoms with E-state index in [9.17, 15) is 0 Å². The summed E-state index contributed by atoms with van der Waals surface area (Å²) in [6.07, 6.45) is 2.95. The first-order valence-electron chi connectivity index (χ1n) is 5.61. The predicted molar refractivity (Wildman–Crippen MR) is 68.6 cm³/mol. The number of hydrogen-bond donors (Lipinski definition) is 1. The molecule has 1 N–H and O–H groups in total. The lowest BCUT2D eigenvalue weighted by atomic mass is 10.2. The lowest BCUT2D eigenvalue weighted by Crippen LogP contribution is -2.40. The molecule has 0 fully saturated rings. The van der Waals surface area contributed by atoms with Crippen molar-refractivity contribution in [2.24, 2.45) is 0 Å². The van der Waals surface area contributed by atoms with Gasteiger partial charge in [-0.05, 0) is 31.5 Å². The van der Waals surface area contributed by atoms with Gasteiger partial charge >= 0.3 is 0 Å². The van der Waals surface area contributed by atoms with Gasteiger partial charge in [0.15, 0.2) is 8.32 Å². The van der Waals surface area contributed by atoms with Crippen molar-refractivity contribution in [2.75, 3.05) is 13.2 Å². The number of aliphatic hydroxyl groups excluding tert-OH is 1. The second-order valence-corrected chi connectivity index (χ2v) is 10.4. The van der Waals surface area contributed by atoms with Gasteiger partial charge in [-0.2, -0.15) is 0 Å². The highest BCUT2D eigenvalue weighted by atomic mass is 28.4. The Morgan fingerprint density at radius 1 is 1.33 bits per heavy atom. The summed E-state index contributed by atoms with van der Waals surface area (Å²) < 4.78 is 6.00. The Hall–Kier alpha value is -0.123. The van der Waals surface area contributed by atoms with Gasteiger partial charge in [0.1, 0.15) is 0 Å². The number of aliphatic hydroxyl groups is 1. The molecule has 0 aliphatic carbocycles. The first-order valence-corrected chi connectivity index (χ1v) is 8.52. The van der Waals surface area contributed by atoms with E-state index >= 15 is 0 Å². The molecule has 0 aromatic carbocycles. The molecule has 0 saturated carbocycles. The summed E-state index contributed by atoms with van der Waals surface area (Å²) in [4.78, 5) is 0. The minimum Gasteiger partial charge on any atom is -0.417 e. The van der Waals surface area contributed by atoms with E-state index in [-0.39, 0.29) is 11.6 Å². The second-order valence-electron chi connectivity index (χ2n) is 5.61. The molecule has 90 valence electrons. The first kappa shape index (κ1) is 14.9. The van der Waals surface area contributed by atoms with Crippen molar-refractivity contribution in [1.29, 1.82) is 0 Å². The Morgan fingerprint density at radius 2 is 1.87 bits per heavy atom. The SMILES string of the molecule is C/C(=C/CCO[Si](C)(C)C(C)(C)C)CO. The van der Waals surface area contributed by atoms with Crippen LogP contribution in [0.3, 0.4) is 0 Å². The minimum absolute atomic E-state index is 0.153. The third-order valence-electron chi connectivity index (χ3n) is 3.13. The van der Waals surface area contributed by atoms with E-state index in [0.717, 1.165) is 18.6 Å². The van der Waals surface area contributed by atoms with Crippen LogP contribution in [0, 0.1) is 0 Å². The van der Waals surface area contributed by atoms with Crippen molar-refractivity contribution < 1.29 is 9.53 Å². The van der Waals surface area contributed by atoms with Gasteiger partial charge in [0.25, 0.3) is 0 Å². The van der Waals surface area contributed by atoms with Crippen LogP contribution in [0.5, 0.6) is 0 Å². The minimum atomic E-state index is -1.58. The molecule has 0 bridgehead atoms. The molecule has 3 heteroatoms. The van der Waals surface area contributed by atoms with Gasteiger partial charge in [-0.25, -0.2) is 0 Å². The van der Waals surface area contributed by atoms with Gasteiger partial charge in [-0.3, -0.25) is 0 Å². The van der Waals surface area contributed by atoms with E-state index in [2.05, 4.69) is 33.9 Å². The molecule has 2 nitrogen and oxygen atoms in total. The Morgan fingerprint density at radius 3 is 2.27 bits per heavy atom. The van der Waals surface area contributed by atoms with Crippen LogP contribution >= 0.6 is 0 Å². The van der Waals surface area contributed by atoms with Gasteiger partial charge in [0.05, 0.1) is 6.61 Å². The molecular weight excluding hydrogens is 204 g/mol. The Balaban J connectivity index is 3.97. The van der Waals surface area contributed by atoms with Crippen LogP contribution in [-0.4, -0.2) is 26.6 Å². The van der Waals surface area contributed by atoms with Gasteiger partial charge in [-0.15, -0.1) is 0 Å². The number of hydrogen-bond acceptors (Lipinski definition) is 2. The van der Waals surface area contributed by atoms with Crippen LogP contribution in [0.2, 0.25) is 18.1 Å². The van der Waals surface area contributed by atoms with Crippen molar-refractivity contribution >= 4 is 8.32 Å². The molecule has 0 amide bonds. The fourth-order valence-corrected chi connectivity index (χ4v) is 1.96. The van der Waals surface area contributed by atoms with Crippen molar-refractivity contribution in [3.05, 3.63) is 11.6 Å². The van der Waals surface area contributed by atoms with Crippen molar-refractivity contribution in [3.63, 3.8) is 0 Å². The molecule has 0 aliphatic heterocycles. The summed E-state index contributed by atoms with van der Waals surface area (Å²) in [5, 5.41) is 9.10. The molecule has 0 rings (SSSR count). The molecule has 0 atom stereocenters. The summed E-state index contributed by atoms with van der Waals surface area (Å²) in [6, 6.07) is 0. The Kier molecular flexibility index (Phi) is 5.78. The predicted octanol–water partition coefficient (Wildman–Crippen LogP) is 3.34. The van der Waals surface area contributed by atoms with Crippen LogP contribution in [-0.2, 0) is 4.43 Å². The van der Waals surface area contributed by atoms with Crippen molar-refractivity contribution in [2.45, 2.75) is 52.2 Å². The van der Waals surface area contributed by atoms with E-state index in [1.54, 1.807) is 0 Å². The normalized spacial score (nSPS) is 14.5. The molecule has 0 aromatic rings. The third kappa shape index (κ3) is 5.49. The van der Waals surface area contributed by atoms with Crippen molar-refractivity contribution in [1.82, 2.24) is 0 Å². The highest BCUT2D eigenvalue weighted by Crippen LogP contribution is 2.36. The average molecular weight is 230 g/mol. The highest BCUT2D eigenvalue weighted by molar-refractivity contribution is 6.74. The molecule has 0 radical (unpaired) electrons. The summed E-state index contributed by atoms with van der Waals surface area (Å²) in [6.45, 7) is 14.1. The molecular formula is C12H26O2Si. The average Bonchev–Trinajstić information content (AvgIpc) is 2.10. The zero-order valence-corrected chi connectivity index (χ0v) is 12.1. The topological polar surface area (TPSA) is 29.5 Å². The molecule has 0 spiro atoms. The maximum atomic E-state index is 8.82. The van der Waals surface area contributed by atoms with Crippen LogP contribution < -0.4 is 0 Å². The van der Waals surface area contributed by atoms with Crippen molar-refractivity contribution in [3.8, 4) is 0 Å². The van der Waals surface area contributed by atoms with Crippen LogP contribution in [0.4, 0.5) is 0 Å². The zero-order chi connectivity index (χ0) is 12.1. The van der Waals surface area contributed by atoms with E-state index in [1.165, 1.54) is 0 Å². The maximum absolute atomic E-state index is 8.82. The van der Waals surface area contributed by atoms with Gasteiger partial charge < -0.3 is 9.53 Å². The van der Waals surface area contributed by atoms with Crippen LogP contribution in [0.15, 0.2) is 11.6 Å². The van der Waals surface area contributed by atoms with Gasteiger partial charge in [-0.1, -0.05) is 32.4 Å². The van der Waals surface area contributed by atoms with Crippen LogP contribution in [0.1, 0.15) is 34.1 Å². The lowest BCUT2D eigenvalue weighted by molar-refractivity contribution is 0.293. The summed E-state index contributed by atoms with van der Waals surface area (Å²) >= 11 is 0. The second kappa shape index (κ2) is 5.82. The summed E-state index contributed by atoms with van der Waals surface area (Å²) in [5.41, 5.74) is 1.02. The fraction of sp³-hybridized carbons (Fsp3) is 0.833. The van der Waals surface area contributed by atoms with Gasteiger partial charge in [0, 0.05) is 6.61 Å². The van der Waals surface area contributed by atoms with E-state index in [1.807, 2.05) is 13.0 Å². The maximum Gasteiger partial charge on any atom is 0.191 e. The number of rotatable bonds is 5. The Bertz CT molecular complexity index is 214. The summed E-state index contributed by atoms with van der Waals surface area (Å²) in [7, 11) is -1.58. The zero-order valence-electron chi connectivity index (χ0n) is 11.1. The fourth-order valence-electron chi connectivity index (χ4n) is 0.900. The van der Waals surface area contributed by atoms with Crippen LogP contribution in [0.25, 0.3) is 0 Å².